The van der Waals surface area contributed by atoms with Gasteiger partial charge in [0.15, 0.2) is 5.11 Å². The Kier molecular flexibility index (Phi) is 5.41. The van der Waals surface area contributed by atoms with Crippen molar-refractivity contribution in [3.05, 3.63) is 58.7 Å². The summed E-state index contributed by atoms with van der Waals surface area (Å²) in [4.78, 5) is 4.01. The smallest absolute Gasteiger partial charge is 0.171 e. The maximum absolute atomic E-state index is 13.4. The quantitative estimate of drug-likeness (QED) is 0.665. The molecule has 0 saturated heterocycles. The van der Waals surface area contributed by atoms with Crippen LogP contribution in [-0.4, -0.2) is 16.6 Å². The van der Waals surface area contributed by atoms with Gasteiger partial charge in [-0.2, -0.15) is 0 Å². The first-order valence-corrected chi connectivity index (χ1v) is 6.95. The van der Waals surface area contributed by atoms with E-state index in [1.54, 1.807) is 18.2 Å². The summed E-state index contributed by atoms with van der Waals surface area (Å²) in [6.45, 7) is 0.296. The first kappa shape index (κ1) is 15.6. The Labute approximate surface area is 131 Å². The van der Waals surface area contributed by atoms with E-state index in [4.69, 9.17) is 23.8 Å². The van der Waals surface area contributed by atoms with E-state index in [0.717, 1.165) is 0 Å². The van der Waals surface area contributed by atoms with Crippen molar-refractivity contribution in [3.8, 4) is 0 Å². The fourth-order valence-electron chi connectivity index (χ4n) is 1.71. The number of nitrogens with zero attached hydrogens (tertiary/aromatic N) is 1. The Balaban J connectivity index is 1.85. The van der Waals surface area contributed by atoms with E-state index in [1.807, 2.05) is 0 Å². The average Bonchev–Trinajstić information content (AvgIpc) is 2.42. The van der Waals surface area contributed by atoms with Crippen LogP contribution in [-0.2, 0) is 6.42 Å². The average molecular weight is 328 g/mol. The Morgan fingerprint density at radius 3 is 2.48 bits per heavy atom. The molecule has 3 nitrogen and oxygen atoms in total. The zero-order valence-electron chi connectivity index (χ0n) is 10.9. The standard InChI is InChI=1S/C14H12ClF2N3S/c15-12-5-2-6-13(19-12)20-14(21)18-8-7-9-10(16)3-1-4-11(9)17/h1-6H,7-8H2,(H2,18,19,20,21). The first-order valence-electron chi connectivity index (χ1n) is 6.16. The van der Waals surface area contributed by atoms with Crippen LogP contribution >= 0.6 is 23.8 Å². The van der Waals surface area contributed by atoms with Crippen LogP contribution in [0.15, 0.2) is 36.4 Å². The zero-order chi connectivity index (χ0) is 15.2. The molecule has 0 saturated carbocycles. The number of thiocarbonyl (C=S) groups is 1. The van der Waals surface area contributed by atoms with Crippen LogP contribution in [0.2, 0.25) is 5.15 Å². The molecule has 0 unspecified atom stereocenters. The topological polar surface area (TPSA) is 37.0 Å². The number of aromatic nitrogens is 1. The summed E-state index contributed by atoms with van der Waals surface area (Å²) in [6, 6.07) is 8.86. The van der Waals surface area contributed by atoms with Crippen molar-refractivity contribution in [3.63, 3.8) is 0 Å². The van der Waals surface area contributed by atoms with Crippen LogP contribution in [0, 0.1) is 11.6 Å². The lowest BCUT2D eigenvalue weighted by molar-refractivity contribution is 0.553. The van der Waals surface area contributed by atoms with Gasteiger partial charge in [-0.25, -0.2) is 13.8 Å². The lowest BCUT2D eigenvalue weighted by Crippen LogP contribution is -2.30. The maximum atomic E-state index is 13.4. The Bertz CT molecular complexity index is 632. The van der Waals surface area contributed by atoms with Crippen molar-refractivity contribution in [1.29, 1.82) is 0 Å². The third-order valence-electron chi connectivity index (χ3n) is 2.68. The Morgan fingerprint density at radius 2 is 1.81 bits per heavy atom. The number of anilines is 1. The van der Waals surface area contributed by atoms with Gasteiger partial charge in [-0.3, -0.25) is 0 Å². The maximum Gasteiger partial charge on any atom is 0.171 e. The molecule has 0 bridgehead atoms. The second-order valence-electron chi connectivity index (χ2n) is 4.18. The summed E-state index contributed by atoms with van der Waals surface area (Å²) in [5.74, 6) is -0.628. The van der Waals surface area contributed by atoms with Gasteiger partial charge in [-0.05, 0) is 42.9 Å². The minimum absolute atomic E-state index is 0.0358. The largest absolute Gasteiger partial charge is 0.362 e. The Hall–Kier alpha value is -1.79. The normalized spacial score (nSPS) is 10.2. The van der Waals surface area contributed by atoms with Crippen LogP contribution < -0.4 is 10.6 Å². The monoisotopic (exact) mass is 327 g/mol. The number of benzene rings is 1. The summed E-state index contributed by atoms with van der Waals surface area (Å²) in [6.07, 6.45) is 0.184. The molecule has 2 rings (SSSR count). The molecule has 0 aliphatic heterocycles. The lowest BCUT2D eigenvalue weighted by Gasteiger charge is -2.10. The molecule has 0 aliphatic rings. The predicted molar refractivity (Wildman–Crippen MR) is 83.5 cm³/mol. The molecule has 21 heavy (non-hydrogen) atoms. The molecule has 2 aromatic rings. The number of nitrogens with one attached hydrogen (secondary N) is 2. The van der Waals surface area contributed by atoms with Crippen molar-refractivity contribution < 1.29 is 8.78 Å². The first-order chi connectivity index (χ1) is 10.1. The fraction of sp³-hybridized carbons (Fsp3) is 0.143. The molecule has 7 heteroatoms. The molecule has 1 heterocycles. The minimum atomic E-state index is -0.563. The van der Waals surface area contributed by atoms with Crippen molar-refractivity contribution in [2.24, 2.45) is 0 Å². The van der Waals surface area contributed by atoms with Crippen molar-refractivity contribution in [1.82, 2.24) is 10.3 Å². The van der Waals surface area contributed by atoms with Gasteiger partial charge in [0.1, 0.15) is 22.6 Å². The van der Waals surface area contributed by atoms with E-state index in [0.29, 0.717) is 22.6 Å². The molecule has 110 valence electrons. The molecule has 0 fully saturated rings. The van der Waals surface area contributed by atoms with Crippen LogP contribution in [0.25, 0.3) is 0 Å². The highest BCUT2D eigenvalue weighted by Crippen LogP contribution is 2.12. The van der Waals surface area contributed by atoms with E-state index >= 15 is 0 Å². The highest BCUT2D eigenvalue weighted by molar-refractivity contribution is 7.80. The molecular formula is C14H12ClF2N3S. The van der Waals surface area contributed by atoms with Gasteiger partial charge in [0.05, 0.1) is 0 Å². The van der Waals surface area contributed by atoms with Crippen LogP contribution in [0.5, 0.6) is 0 Å². The third-order valence-corrected chi connectivity index (χ3v) is 3.14. The van der Waals surface area contributed by atoms with E-state index in [2.05, 4.69) is 15.6 Å². The van der Waals surface area contributed by atoms with Gasteiger partial charge >= 0.3 is 0 Å². The van der Waals surface area contributed by atoms with Gasteiger partial charge in [0.2, 0.25) is 0 Å². The second-order valence-corrected chi connectivity index (χ2v) is 4.97. The summed E-state index contributed by atoms with van der Waals surface area (Å²) in [5, 5.41) is 6.34. The molecule has 0 atom stereocenters. The SMILES string of the molecule is Fc1cccc(F)c1CCNC(=S)Nc1cccc(Cl)n1. The molecular weight excluding hydrogens is 316 g/mol. The van der Waals surface area contributed by atoms with E-state index < -0.39 is 11.6 Å². The number of halogens is 3. The van der Waals surface area contributed by atoms with Gasteiger partial charge in [-0.1, -0.05) is 23.7 Å². The number of hydrogen-bond acceptors (Lipinski definition) is 2. The molecule has 0 amide bonds. The zero-order valence-corrected chi connectivity index (χ0v) is 12.4. The molecule has 0 radical (unpaired) electrons. The molecule has 0 spiro atoms. The minimum Gasteiger partial charge on any atom is -0.362 e. The highest BCUT2D eigenvalue weighted by atomic mass is 35.5. The summed E-state index contributed by atoms with van der Waals surface area (Å²) >= 11 is 10.8. The van der Waals surface area contributed by atoms with Gasteiger partial charge in [0, 0.05) is 12.1 Å². The number of hydrogen-bond donors (Lipinski definition) is 2. The van der Waals surface area contributed by atoms with Crippen LogP contribution in [0.1, 0.15) is 5.56 Å². The van der Waals surface area contributed by atoms with Gasteiger partial charge < -0.3 is 10.6 Å². The molecule has 0 aliphatic carbocycles. The summed E-state index contributed by atoms with van der Waals surface area (Å²) in [7, 11) is 0. The fourth-order valence-corrected chi connectivity index (χ4v) is 2.08. The van der Waals surface area contributed by atoms with Crippen molar-refractivity contribution in [2.45, 2.75) is 6.42 Å². The Morgan fingerprint density at radius 1 is 1.14 bits per heavy atom. The van der Waals surface area contributed by atoms with E-state index in [1.165, 1.54) is 18.2 Å². The highest BCUT2D eigenvalue weighted by Gasteiger charge is 2.08. The van der Waals surface area contributed by atoms with E-state index in [9.17, 15) is 8.78 Å². The molecule has 1 aromatic heterocycles. The third kappa shape index (κ3) is 4.61. The van der Waals surface area contributed by atoms with Crippen molar-refractivity contribution >= 4 is 34.7 Å². The molecule has 1 aromatic carbocycles. The van der Waals surface area contributed by atoms with Crippen LogP contribution in [0.3, 0.4) is 0 Å². The molecule has 2 N–H and O–H groups in total. The summed E-state index contributed by atoms with van der Waals surface area (Å²) < 4.78 is 26.9. The van der Waals surface area contributed by atoms with E-state index in [-0.39, 0.29) is 12.0 Å². The van der Waals surface area contributed by atoms with Crippen molar-refractivity contribution in [2.75, 3.05) is 11.9 Å². The van der Waals surface area contributed by atoms with Gasteiger partial charge in [0.25, 0.3) is 0 Å². The predicted octanol–water partition coefficient (Wildman–Crippen LogP) is 3.54. The number of pyridine rings is 1. The van der Waals surface area contributed by atoms with Gasteiger partial charge in [-0.15, -0.1) is 0 Å². The second kappa shape index (κ2) is 7.28. The van der Waals surface area contributed by atoms with Crippen LogP contribution in [0.4, 0.5) is 14.6 Å². The number of rotatable bonds is 4. The lowest BCUT2D eigenvalue weighted by atomic mass is 10.1. The summed E-state index contributed by atoms with van der Waals surface area (Å²) in [5.41, 5.74) is 0.0358.